The van der Waals surface area contributed by atoms with E-state index >= 15 is 0 Å². The lowest BCUT2D eigenvalue weighted by Gasteiger charge is -2.08. The number of carbonyl (C=O) groups is 1. The second-order valence-electron chi connectivity index (χ2n) is 3.90. The summed E-state index contributed by atoms with van der Waals surface area (Å²) in [7, 11) is 1.50. The van der Waals surface area contributed by atoms with Crippen molar-refractivity contribution in [3.8, 4) is 11.5 Å². The van der Waals surface area contributed by atoms with Crippen LogP contribution < -0.4 is 10.2 Å². The number of nitrogens with zero attached hydrogens (tertiary/aromatic N) is 1. The Balaban J connectivity index is 2.11. The van der Waals surface area contributed by atoms with Gasteiger partial charge in [-0.25, -0.2) is 5.43 Å². The van der Waals surface area contributed by atoms with Gasteiger partial charge in [0.2, 0.25) is 5.91 Å². The third-order valence-electron chi connectivity index (χ3n) is 2.60. The Morgan fingerprint density at radius 1 is 1.39 bits per heavy atom. The monoisotopic (exact) mass is 246 g/mol. The number of hydrogen-bond acceptors (Lipinski definition) is 4. The van der Waals surface area contributed by atoms with E-state index in [0.717, 1.165) is 11.3 Å². The van der Waals surface area contributed by atoms with E-state index < -0.39 is 0 Å². The molecule has 0 radical (unpaired) electrons. The van der Waals surface area contributed by atoms with Gasteiger partial charge in [0.1, 0.15) is 0 Å². The van der Waals surface area contributed by atoms with E-state index in [4.69, 9.17) is 4.74 Å². The van der Waals surface area contributed by atoms with Crippen molar-refractivity contribution in [3.63, 3.8) is 0 Å². The van der Waals surface area contributed by atoms with E-state index in [1.807, 2.05) is 12.2 Å². The summed E-state index contributed by atoms with van der Waals surface area (Å²) in [5.41, 5.74) is 4.15. The Kier molecular flexibility index (Phi) is 3.62. The van der Waals surface area contributed by atoms with Crippen LogP contribution in [0.2, 0.25) is 0 Å². The topological polar surface area (TPSA) is 70.9 Å². The zero-order valence-electron chi connectivity index (χ0n) is 10.0. The molecule has 18 heavy (non-hydrogen) atoms. The van der Waals surface area contributed by atoms with Crippen LogP contribution in [0.3, 0.4) is 0 Å². The maximum atomic E-state index is 10.9. The number of carbonyl (C=O) groups excluding carboxylic acids is 1. The molecule has 0 bridgehead atoms. The van der Waals surface area contributed by atoms with Gasteiger partial charge in [0.15, 0.2) is 11.5 Å². The first-order valence-corrected chi connectivity index (χ1v) is 5.59. The molecule has 2 N–H and O–H groups in total. The lowest BCUT2D eigenvalue weighted by Crippen LogP contribution is -2.24. The van der Waals surface area contributed by atoms with Crippen molar-refractivity contribution < 1.29 is 14.6 Å². The molecule has 0 saturated heterocycles. The molecule has 0 fully saturated rings. The highest BCUT2D eigenvalue weighted by molar-refractivity contribution is 6.02. The molecule has 1 aliphatic heterocycles. The first-order valence-electron chi connectivity index (χ1n) is 5.59. The Labute approximate surface area is 105 Å². The van der Waals surface area contributed by atoms with Gasteiger partial charge in [-0.05, 0) is 23.8 Å². The van der Waals surface area contributed by atoms with Crippen molar-refractivity contribution in [2.75, 3.05) is 7.11 Å². The number of amides is 1. The molecule has 5 heteroatoms. The number of benzene rings is 1. The maximum Gasteiger partial charge on any atom is 0.240 e. The number of phenolic OH excluding ortho intramolecular Hbond substituents is 1. The fourth-order valence-electron chi connectivity index (χ4n) is 1.60. The minimum absolute atomic E-state index is 0.0570. The molecular weight excluding hydrogens is 232 g/mol. The van der Waals surface area contributed by atoms with Crippen LogP contribution in [0.5, 0.6) is 11.5 Å². The summed E-state index contributed by atoms with van der Waals surface area (Å²) in [5, 5.41) is 13.4. The van der Waals surface area contributed by atoms with Gasteiger partial charge in [0, 0.05) is 12.8 Å². The van der Waals surface area contributed by atoms with Crippen LogP contribution in [-0.4, -0.2) is 23.8 Å². The van der Waals surface area contributed by atoms with Gasteiger partial charge in [0.25, 0.3) is 0 Å². The van der Waals surface area contributed by atoms with E-state index in [2.05, 4.69) is 10.5 Å². The third kappa shape index (κ3) is 2.88. The summed E-state index contributed by atoms with van der Waals surface area (Å²) in [6, 6.07) is 5.08. The average molecular weight is 246 g/mol. The Hall–Kier alpha value is -2.30. The number of hydrogen-bond donors (Lipinski definition) is 2. The van der Waals surface area contributed by atoms with Crippen molar-refractivity contribution in [1.82, 2.24) is 5.43 Å². The van der Waals surface area contributed by atoms with Crippen molar-refractivity contribution in [3.05, 3.63) is 29.8 Å². The predicted molar refractivity (Wildman–Crippen MR) is 68.5 cm³/mol. The van der Waals surface area contributed by atoms with E-state index in [9.17, 15) is 9.90 Å². The molecule has 94 valence electrons. The SMILES string of the molecule is COc1cc(/C=C/C2=NNC(=O)CC2)ccc1O. The third-order valence-corrected chi connectivity index (χ3v) is 2.60. The molecule has 1 heterocycles. The van der Waals surface area contributed by atoms with Crippen molar-refractivity contribution in [2.24, 2.45) is 5.10 Å². The first kappa shape index (κ1) is 12.2. The minimum Gasteiger partial charge on any atom is -0.504 e. The number of nitrogens with one attached hydrogen (secondary N) is 1. The summed E-state index contributed by atoms with van der Waals surface area (Å²) >= 11 is 0. The number of ether oxygens (including phenoxy) is 1. The largest absolute Gasteiger partial charge is 0.504 e. The second-order valence-corrected chi connectivity index (χ2v) is 3.90. The minimum atomic E-state index is -0.0570. The number of aromatic hydroxyl groups is 1. The molecule has 0 atom stereocenters. The van der Waals surface area contributed by atoms with Gasteiger partial charge in [-0.2, -0.15) is 5.10 Å². The Bertz CT molecular complexity index is 521. The van der Waals surface area contributed by atoms with Crippen LogP contribution in [0.4, 0.5) is 0 Å². The zero-order chi connectivity index (χ0) is 13.0. The fraction of sp³-hybridized carbons (Fsp3) is 0.231. The quantitative estimate of drug-likeness (QED) is 0.852. The standard InChI is InChI=1S/C13H14N2O3/c1-18-12-8-9(3-6-11(12)16)2-4-10-5-7-13(17)15-14-10/h2-4,6,8,16H,5,7H2,1H3,(H,15,17)/b4-2+. The van der Waals surface area contributed by atoms with Gasteiger partial charge < -0.3 is 9.84 Å². The van der Waals surface area contributed by atoms with Crippen LogP contribution in [0.15, 0.2) is 29.4 Å². The van der Waals surface area contributed by atoms with Crippen LogP contribution in [0.25, 0.3) is 6.08 Å². The molecule has 2 rings (SSSR count). The molecular formula is C13H14N2O3. The van der Waals surface area contributed by atoms with E-state index in [1.165, 1.54) is 7.11 Å². The number of allylic oxidation sites excluding steroid dienone is 1. The van der Waals surface area contributed by atoms with Crippen LogP contribution in [0.1, 0.15) is 18.4 Å². The number of rotatable bonds is 3. The van der Waals surface area contributed by atoms with E-state index in [1.54, 1.807) is 18.2 Å². The summed E-state index contributed by atoms with van der Waals surface area (Å²) in [4.78, 5) is 10.9. The van der Waals surface area contributed by atoms with Crippen molar-refractivity contribution in [1.29, 1.82) is 0 Å². The van der Waals surface area contributed by atoms with Crippen molar-refractivity contribution in [2.45, 2.75) is 12.8 Å². The van der Waals surface area contributed by atoms with Gasteiger partial charge >= 0.3 is 0 Å². The molecule has 1 aliphatic rings. The van der Waals surface area contributed by atoms with E-state index in [0.29, 0.717) is 18.6 Å². The lowest BCUT2D eigenvalue weighted by atomic mass is 10.1. The molecule has 0 spiro atoms. The highest BCUT2D eigenvalue weighted by atomic mass is 16.5. The first-order chi connectivity index (χ1) is 8.69. The molecule has 1 aromatic carbocycles. The summed E-state index contributed by atoms with van der Waals surface area (Å²) in [6.07, 6.45) is 4.79. The molecule has 0 unspecified atom stereocenters. The van der Waals surface area contributed by atoms with Crippen LogP contribution in [0, 0.1) is 0 Å². The molecule has 0 aromatic heterocycles. The molecule has 5 nitrogen and oxygen atoms in total. The van der Waals surface area contributed by atoms with Crippen LogP contribution in [-0.2, 0) is 4.79 Å². The van der Waals surface area contributed by atoms with E-state index in [-0.39, 0.29) is 11.7 Å². The number of phenols is 1. The highest BCUT2D eigenvalue weighted by Crippen LogP contribution is 2.26. The van der Waals surface area contributed by atoms with Crippen molar-refractivity contribution >= 4 is 17.7 Å². The average Bonchev–Trinajstić information content (AvgIpc) is 2.39. The Morgan fingerprint density at radius 3 is 2.89 bits per heavy atom. The molecule has 1 aromatic rings. The van der Waals surface area contributed by atoms with Gasteiger partial charge in [-0.3, -0.25) is 4.79 Å². The summed E-state index contributed by atoms with van der Waals surface area (Å²) < 4.78 is 5.02. The highest BCUT2D eigenvalue weighted by Gasteiger charge is 2.08. The van der Waals surface area contributed by atoms with Crippen LogP contribution >= 0.6 is 0 Å². The zero-order valence-corrected chi connectivity index (χ0v) is 10.0. The molecule has 0 aliphatic carbocycles. The summed E-state index contributed by atoms with van der Waals surface area (Å²) in [5.74, 6) is 0.478. The Morgan fingerprint density at radius 2 is 2.22 bits per heavy atom. The van der Waals surface area contributed by atoms with Gasteiger partial charge in [0.05, 0.1) is 12.8 Å². The predicted octanol–water partition coefficient (Wildman–Crippen LogP) is 1.68. The van der Waals surface area contributed by atoms with Gasteiger partial charge in [-0.1, -0.05) is 12.1 Å². The maximum absolute atomic E-state index is 10.9. The lowest BCUT2D eigenvalue weighted by molar-refractivity contribution is -0.121. The molecule has 1 amide bonds. The summed E-state index contributed by atoms with van der Waals surface area (Å²) in [6.45, 7) is 0. The number of hydrazone groups is 1. The molecule has 0 saturated carbocycles. The van der Waals surface area contributed by atoms with Gasteiger partial charge in [-0.15, -0.1) is 0 Å². The smallest absolute Gasteiger partial charge is 0.240 e. The second kappa shape index (κ2) is 5.35. The fourth-order valence-corrected chi connectivity index (χ4v) is 1.60. The number of methoxy groups -OCH3 is 1. The normalized spacial score (nSPS) is 15.4.